The average Bonchev–Trinajstić information content (AvgIpc) is 3.67. The molecule has 0 saturated heterocycles. The summed E-state index contributed by atoms with van der Waals surface area (Å²) in [5, 5.41) is 9.71. The molecule has 1 heterocycles. The van der Waals surface area contributed by atoms with Crippen LogP contribution in [0.3, 0.4) is 0 Å². The molecule has 0 aliphatic heterocycles. The largest absolute Gasteiger partial charge is 0.453 e. The molecule has 2 heteroatoms. The monoisotopic (exact) mass is 713 g/mol. The van der Waals surface area contributed by atoms with E-state index < -0.39 is 0 Å². The van der Waals surface area contributed by atoms with E-state index in [9.17, 15) is 0 Å². The average molecular weight is 714 g/mol. The van der Waals surface area contributed by atoms with Crippen molar-refractivity contribution >= 4 is 71.3 Å². The minimum absolute atomic E-state index is 0.856. The van der Waals surface area contributed by atoms with Crippen molar-refractivity contribution in [3.05, 3.63) is 212 Å². The maximum Gasteiger partial charge on any atom is 0.159 e. The number of fused-ring (bicyclic) bond motifs is 7. The van der Waals surface area contributed by atoms with Crippen LogP contribution >= 0.6 is 0 Å². The lowest BCUT2D eigenvalue weighted by atomic mass is 9.93. The van der Waals surface area contributed by atoms with Gasteiger partial charge >= 0.3 is 0 Å². The zero-order valence-electron chi connectivity index (χ0n) is 30.6. The second kappa shape index (κ2) is 13.2. The van der Waals surface area contributed by atoms with Gasteiger partial charge in [0, 0.05) is 27.7 Å². The van der Waals surface area contributed by atoms with E-state index in [1.54, 1.807) is 0 Å². The molecule has 0 amide bonds. The van der Waals surface area contributed by atoms with E-state index in [4.69, 9.17) is 4.42 Å². The third-order valence-corrected chi connectivity index (χ3v) is 11.2. The van der Waals surface area contributed by atoms with Gasteiger partial charge in [-0.2, -0.15) is 0 Å². The lowest BCUT2D eigenvalue weighted by Gasteiger charge is -2.26. The highest BCUT2D eigenvalue weighted by Gasteiger charge is 2.21. The molecule has 0 aliphatic carbocycles. The Morgan fingerprint density at radius 2 is 0.839 bits per heavy atom. The maximum absolute atomic E-state index is 6.97. The van der Waals surface area contributed by atoms with Gasteiger partial charge in [0.15, 0.2) is 5.58 Å². The molecule has 0 spiro atoms. The first-order chi connectivity index (χ1) is 27.8. The minimum Gasteiger partial charge on any atom is -0.453 e. The molecule has 0 bridgehead atoms. The summed E-state index contributed by atoms with van der Waals surface area (Å²) < 4.78 is 6.97. The molecule has 2 nitrogen and oxygen atoms in total. The van der Waals surface area contributed by atoms with Crippen molar-refractivity contribution in [1.29, 1.82) is 0 Å². The topological polar surface area (TPSA) is 16.4 Å². The predicted octanol–water partition coefficient (Wildman–Crippen LogP) is 15.5. The highest BCUT2D eigenvalue weighted by molar-refractivity contribution is 6.15. The van der Waals surface area contributed by atoms with E-state index in [-0.39, 0.29) is 0 Å². The lowest BCUT2D eigenvalue weighted by molar-refractivity contribution is 0.670. The Kier molecular flexibility index (Phi) is 7.53. The van der Waals surface area contributed by atoms with Crippen LogP contribution in [0.5, 0.6) is 0 Å². The number of para-hydroxylation sites is 2. The van der Waals surface area contributed by atoms with Gasteiger partial charge in [-0.3, -0.25) is 0 Å². The summed E-state index contributed by atoms with van der Waals surface area (Å²) >= 11 is 0. The molecule has 0 fully saturated rings. The van der Waals surface area contributed by atoms with Crippen molar-refractivity contribution in [3.8, 4) is 33.4 Å². The minimum atomic E-state index is 0.856. The van der Waals surface area contributed by atoms with Gasteiger partial charge < -0.3 is 9.32 Å². The Bertz CT molecular complexity index is 3230. The molecule has 11 aromatic rings. The molecule has 0 radical (unpaired) electrons. The lowest BCUT2D eigenvalue weighted by Crippen LogP contribution is -2.10. The highest BCUT2D eigenvalue weighted by Crippen LogP contribution is 2.45. The van der Waals surface area contributed by atoms with Gasteiger partial charge in [0.25, 0.3) is 0 Å². The van der Waals surface area contributed by atoms with E-state index in [2.05, 4.69) is 217 Å². The molecule has 10 aromatic carbocycles. The van der Waals surface area contributed by atoms with Crippen molar-refractivity contribution < 1.29 is 4.42 Å². The Morgan fingerprint density at radius 1 is 0.286 bits per heavy atom. The number of rotatable bonds is 6. The molecule has 262 valence electrons. The zero-order chi connectivity index (χ0) is 37.0. The summed E-state index contributed by atoms with van der Waals surface area (Å²) in [6, 6.07) is 76.3. The Hall–Kier alpha value is -7.42. The molecule has 0 atom stereocenters. The maximum atomic E-state index is 6.97. The molecule has 0 aliphatic rings. The molecule has 0 unspecified atom stereocenters. The first-order valence-electron chi connectivity index (χ1n) is 19.2. The van der Waals surface area contributed by atoms with Crippen LogP contribution in [0.15, 0.2) is 217 Å². The van der Waals surface area contributed by atoms with Crippen LogP contribution in [-0.4, -0.2) is 0 Å². The molecule has 11 rings (SSSR count). The van der Waals surface area contributed by atoms with Crippen LogP contribution in [0.25, 0.3) is 87.6 Å². The molecular formula is C54H35NO. The zero-order valence-corrected chi connectivity index (χ0v) is 30.6. The van der Waals surface area contributed by atoms with Gasteiger partial charge in [0.05, 0.1) is 5.69 Å². The summed E-state index contributed by atoms with van der Waals surface area (Å²) in [5.74, 6) is 0. The first kappa shape index (κ1) is 32.0. The molecule has 0 saturated carbocycles. The summed E-state index contributed by atoms with van der Waals surface area (Å²) in [6.45, 7) is 0. The van der Waals surface area contributed by atoms with Gasteiger partial charge in [-0.15, -0.1) is 0 Å². The molecular weight excluding hydrogens is 679 g/mol. The number of furan rings is 1. The number of hydrogen-bond donors (Lipinski definition) is 0. The van der Waals surface area contributed by atoms with Crippen molar-refractivity contribution in [3.63, 3.8) is 0 Å². The van der Waals surface area contributed by atoms with E-state index >= 15 is 0 Å². The molecule has 56 heavy (non-hydrogen) atoms. The van der Waals surface area contributed by atoms with Crippen LogP contribution in [0.1, 0.15) is 0 Å². The normalized spacial score (nSPS) is 11.6. The fraction of sp³-hybridized carbons (Fsp3) is 0. The third-order valence-electron chi connectivity index (χ3n) is 11.2. The van der Waals surface area contributed by atoms with Crippen molar-refractivity contribution in [2.24, 2.45) is 0 Å². The van der Waals surface area contributed by atoms with E-state index in [1.807, 2.05) is 0 Å². The SMILES string of the molecule is c1ccc(-c2cccc3c2oc2c(N(c4ccc(-c5ccc6ccccc6c5)cc4)c4ccc(-c5cc6ccccc6c6ccccc56)cc4)cccc23)cc1. The van der Waals surface area contributed by atoms with E-state index in [1.165, 1.54) is 54.6 Å². The smallest absolute Gasteiger partial charge is 0.159 e. The van der Waals surface area contributed by atoms with Gasteiger partial charge in [-0.25, -0.2) is 0 Å². The predicted molar refractivity (Wildman–Crippen MR) is 237 cm³/mol. The number of benzene rings is 10. The number of nitrogens with zero attached hydrogens (tertiary/aromatic N) is 1. The summed E-state index contributed by atoms with van der Waals surface area (Å²) in [4.78, 5) is 2.33. The highest BCUT2D eigenvalue weighted by atomic mass is 16.3. The first-order valence-corrected chi connectivity index (χ1v) is 19.2. The standard InChI is InChI=1S/C54H35NO/c1-2-13-38(14-3-1)46-20-10-21-49-50-22-11-23-52(54(50)56-53(46)49)55(43-30-26-37(27-31-43)41-25-24-36-12-4-5-15-40(36)34-41)44-32-28-39(29-33-44)51-35-42-16-6-7-17-45(42)47-18-8-9-19-48(47)51/h1-35H. The Balaban J connectivity index is 1.08. The second-order valence-electron chi connectivity index (χ2n) is 14.5. The third kappa shape index (κ3) is 5.34. The van der Waals surface area contributed by atoms with E-state index in [0.717, 1.165) is 50.1 Å². The van der Waals surface area contributed by atoms with Crippen LogP contribution in [-0.2, 0) is 0 Å². The fourth-order valence-electron chi connectivity index (χ4n) is 8.51. The summed E-state index contributed by atoms with van der Waals surface area (Å²) in [6.07, 6.45) is 0. The Labute approximate surface area is 325 Å². The van der Waals surface area contributed by atoms with Crippen molar-refractivity contribution in [2.75, 3.05) is 4.90 Å². The van der Waals surface area contributed by atoms with Gasteiger partial charge in [0.2, 0.25) is 0 Å². The number of hydrogen-bond acceptors (Lipinski definition) is 2. The molecule has 0 N–H and O–H groups in total. The van der Waals surface area contributed by atoms with Crippen LogP contribution in [0, 0.1) is 0 Å². The fourth-order valence-corrected chi connectivity index (χ4v) is 8.51. The van der Waals surface area contributed by atoms with Crippen LogP contribution in [0.4, 0.5) is 17.1 Å². The van der Waals surface area contributed by atoms with Gasteiger partial charge in [-0.05, 0) is 103 Å². The van der Waals surface area contributed by atoms with Gasteiger partial charge in [0.1, 0.15) is 5.58 Å². The van der Waals surface area contributed by atoms with Crippen LogP contribution < -0.4 is 4.90 Å². The van der Waals surface area contributed by atoms with Crippen molar-refractivity contribution in [1.82, 2.24) is 0 Å². The van der Waals surface area contributed by atoms with Gasteiger partial charge in [-0.1, -0.05) is 170 Å². The summed E-state index contributed by atoms with van der Waals surface area (Å²) in [5.41, 5.74) is 11.8. The Morgan fingerprint density at radius 3 is 1.61 bits per heavy atom. The summed E-state index contributed by atoms with van der Waals surface area (Å²) in [7, 11) is 0. The van der Waals surface area contributed by atoms with Crippen LogP contribution in [0.2, 0.25) is 0 Å². The van der Waals surface area contributed by atoms with Crippen molar-refractivity contribution in [2.45, 2.75) is 0 Å². The van der Waals surface area contributed by atoms with E-state index in [0.29, 0.717) is 0 Å². The second-order valence-corrected chi connectivity index (χ2v) is 14.5. The quantitative estimate of drug-likeness (QED) is 0.160. The molecule has 1 aromatic heterocycles. The number of anilines is 3.